The van der Waals surface area contributed by atoms with Gasteiger partial charge in [-0.15, -0.1) is 0 Å². The van der Waals surface area contributed by atoms with Crippen LogP contribution in [0.1, 0.15) is 17.1 Å². The first-order valence-electron chi connectivity index (χ1n) is 8.84. The first kappa shape index (κ1) is 20.2. The molecule has 152 valence electrons. The zero-order valence-electron chi connectivity index (χ0n) is 15.6. The Morgan fingerprint density at radius 1 is 1.13 bits per heavy atom. The molecule has 2 heterocycles. The Morgan fingerprint density at radius 3 is 2.65 bits per heavy atom. The standard InChI is InChI=1S/C22H11ClF2N4O2/c23-15-3-1-2-4-17(15)29-20(27-16-7-6-13(24)9-14(16)22(29)31)10-18(30)21-12(11-26)5-8-19(25)28-21/h1-10,30H/b18-10-. The molecule has 0 aliphatic rings. The van der Waals surface area contributed by atoms with Crippen LogP contribution in [0.2, 0.25) is 5.02 Å². The smallest absolute Gasteiger partial charge is 0.266 e. The van der Waals surface area contributed by atoms with Crippen LogP contribution in [-0.4, -0.2) is 19.6 Å². The van der Waals surface area contributed by atoms with E-state index in [2.05, 4.69) is 9.97 Å². The van der Waals surface area contributed by atoms with Gasteiger partial charge in [0.15, 0.2) is 0 Å². The maximum atomic E-state index is 13.8. The van der Waals surface area contributed by atoms with E-state index in [1.54, 1.807) is 24.3 Å². The lowest BCUT2D eigenvalue weighted by Gasteiger charge is -2.13. The van der Waals surface area contributed by atoms with Gasteiger partial charge in [0.2, 0.25) is 5.95 Å². The van der Waals surface area contributed by atoms with Crippen LogP contribution in [0.4, 0.5) is 8.78 Å². The average Bonchev–Trinajstić information content (AvgIpc) is 2.75. The molecule has 2 aromatic carbocycles. The van der Waals surface area contributed by atoms with Gasteiger partial charge in [0.05, 0.1) is 27.2 Å². The largest absolute Gasteiger partial charge is 0.505 e. The van der Waals surface area contributed by atoms with Crippen LogP contribution >= 0.6 is 11.6 Å². The number of rotatable bonds is 3. The molecule has 0 amide bonds. The molecular formula is C22H11ClF2N4O2. The van der Waals surface area contributed by atoms with Crippen molar-refractivity contribution >= 4 is 34.3 Å². The van der Waals surface area contributed by atoms with Gasteiger partial charge in [0.1, 0.15) is 29.2 Å². The van der Waals surface area contributed by atoms with Gasteiger partial charge in [-0.05, 0) is 42.5 Å². The minimum Gasteiger partial charge on any atom is -0.505 e. The first-order chi connectivity index (χ1) is 14.9. The minimum atomic E-state index is -0.903. The van der Waals surface area contributed by atoms with Gasteiger partial charge in [0.25, 0.3) is 5.56 Å². The summed E-state index contributed by atoms with van der Waals surface area (Å²) in [4.78, 5) is 21.1. The Morgan fingerprint density at radius 2 is 1.90 bits per heavy atom. The first-order valence-corrected chi connectivity index (χ1v) is 9.21. The lowest BCUT2D eigenvalue weighted by molar-refractivity contribution is 0.505. The number of pyridine rings is 1. The predicted octanol–water partition coefficient (Wildman–Crippen LogP) is 4.64. The number of hydrogen-bond donors (Lipinski definition) is 1. The van der Waals surface area contributed by atoms with Crippen molar-refractivity contribution in [3.05, 3.63) is 98.8 Å². The van der Waals surface area contributed by atoms with Crippen LogP contribution in [0.3, 0.4) is 0 Å². The number of aromatic nitrogens is 3. The van der Waals surface area contributed by atoms with E-state index in [0.717, 1.165) is 28.8 Å². The molecule has 1 N–H and O–H groups in total. The topological polar surface area (TPSA) is 91.8 Å². The van der Waals surface area contributed by atoms with Crippen molar-refractivity contribution in [3.8, 4) is 11.8 Å². The highest BCUT2D eigenvalue weighted by Gasteiger charge is 2.17. The monoisotopic (exact) mass is 436 g/mol. The number of halogens is 3. The molecule has 4 rings (SSSR count). The van der Waals surface area contributed by atoms with E-state index in [1.807, 2.05) is 6.07 Å². The molecule has 0 atom stereocenters. The van der Waals surface area contributed by atoms with Gasteiger partial charge in [-0.1, -0.05) is 23.7 Å². The van der Waals surface area contributed by atoms with Crippen LogP contribution in [0.5, 0.6) is 0 Å². The molecule has 0 saturated carbocycles. The fraction of sp³-hybridized carbons (Fsp3) is 0. The lowest BCUT2D eigenvalue weighted by Crippen LogP contribution is -2.23. The average molecular weight is 437 g/mol. The van der Waals surface area contributed by atoms with Crippen LogP contribution in [0.25, 0.3) is 28.4 Å². The number of aliphatic hydroxyl groups excluding tert-OH is 1. The van der Waals surface area contributed by atoms with E-state index < -0.39 is 23.1 Å². The SMILES string of the molecule is N#Cc1ccc(F)nc1/C(O)=C/c1nc2ccc(F)cc2c(=O)n1-c1ccccc1Cl. The number of nitriles is 1. The van der Waals surface area contributed by atoms with Crippen molar-refractivity contribution in [1.29, 1.82) is 5.26 Å². The summed E-state index contributed by atoms with van der Waals surface area (Å²) in [6.07, 6.45) is 1.07. The third kappa shape index (κ3) is 3.74. The Kier molecular flexibility index (Phi) is 5.19. The Balaban J connectivity index is 2.05. The fourth-order valence-electron chi connectivity index (χ4n) is 3.05. The number of aliphatic hydroxyl groups is 1. The molecular weight excluding hydrogens is 426 g/mol. The maximum absolute atomic E-state index is 13.8. The number of hydrogen-bond acceptors (Lipinski definition) is 5. The van der Waals surface area contributed by atoms with Gasteiger partial charge in [-0.2, -0.15) is 9.65 Å². The van der Waals surface area contributed by atoms with E-state index in [1.165, 1.54) is 12.1 Å². The predicted molar refractivity (Wildman–Crippen MR) is 112 cm³/mol. The zero-order chi connectivity index (χ0) is 22.1. The van der Waals surface area contributed by atoms with Crippen molar-refractivity contribution in [3.63, 3.8) is 0 Å². The molecule has 0 spiro atoms. The molecule has 9 heteroatoms. The summed E-state index contributed by atoms with van der Waals surface area (Å²) in [5, 5.41) is 20.0. The highest BCUT2D eigenvalue weighted by atomic mass is 35.5. The quantitative estimate of drug-likeness (QED) is 0.373. The molecule has 0 bridgehead atoms. The Bertz CT molecular complexity index is 1480. The highest BCUT2D eigenvalue weighted by molar-refractivity contribution is 6.32. The molecule has 6 nitrogen and oxygen atoms in total. The van der Waals surface area contributed by atoms with Crippen LogP contribution < -0.4 is 5.56 Å². The molecule has 4 aromatic rings. The molecule has 0 aliphatic carbocycles. The summed E-state index contributed by atoms with van der Waals surface area (Å²) in [7, 11) is 0. The maximum Gasteiger partial charge on any atom is 0.266 e. The number of para-hydroxylation sites is 1. The number of nitrogens with zero attached hydrogens (tertiary/aromatic N) is 4. The molecule has 0 fully saturated rings. The minimum absolute atomic E-state index is 0.00171. The second-order valence-electron chi connectivity index (χ2n) is 6.39. The third-order valence-electron chi connectivity index (χ3n) is 4.44. The van der Waals surface area contributed by atoms with Crippen LogP contribution in [0, 0.1) is 23.1 Å². The Hall–Kier alpha value is -4.09. The molecule has 2 aromatic heterocycles. The van der Waals surface area contributed by atoms with Gasteiger partial charge >= 0.3 is 0 Å². The van der Waals surface area contributed by atoms with E-state index in [0.29, 0.717) is 0 Å². The normalized spacial score (nSPS) is 11.5. The Labute approximate surface area is 178 Å². The molecule has 0 aliphatic heterocycles. The number of benzene rings is 2. The van der Waals surface area contributed by atoms with Gasteiger partial charge in [0, 0.05) is 6.08 Å². The fourth-order valence-corrected chi connectivity index (χ4v) is 3.27. The summed E-state index contributed by atoms with van der Waals surface area (Å²) in [6.45, 7) is 0. The van der Waals surface area contributed by atoms with Crippen LogP contribution in [-0.2, 0) is 0 Å². The van der Waals surface area contributed by atoms with Crippen LogP contribution in [0.15, 0.2) is 59.4 Å². The van der Waals surface area contributed by atoms with Crippen molar-refractivity contribution in [2.75, 3.05) is 0 Å². The molecule has 0 saturated heterocycles. The summed E-state index contributed by atoms with van der Waals surface area (Å²) in [6, 6.07) is 13.9. The summed E-state index contributed by atoms with van der Waals surface area (Å²) < 4.78 is 28.5. The van der Waals surface area contributed by atoms with Crippen molar-refractivity contribution in [1.82, 2.24) is 14.5 Å². The van der Waals surface area contributed by atoms with E-state index in [4.69, 9.17) is 11.6 Å². The summed E-state index contributed by atoms with van der Waals surface area (Å²) in [5.74, 6) is -2.19. The third-order valence-corrected chi connectivity index (χ3v) is 4.76. The second kappa shape index (κ2) is 7.97. The van der Waals surface area contributed by atoms with Crippen molar-refractivity contribution in [2.24, 2.45) is 0 Å². The van der Waals surface area contributed by atoms with E-state index in [9.17, 15) is 23.9 Å². The summed E-state index contributed by atoms with van der Waals surface area (Å²) >= 11 is 6.26. The highest BCUT2D eigenvalue weighted by Crippen LogP contribution is 2.24. The van der Waals surface area contributed by atoms with Crippen molar-refractivity contribution < 1.29 is 13.9 Å². The van der Waals surface area contributed by atoms with Gasteiger partial charge in [-0.25, -0.2) is 14.4 Å². The number of fused-ring (bicyclic) bond motifs is 1. The molecule has 0 unspecified atom stereocenters. The van der Waals surface area contributed by atoms with E-state index in [-0.39, 0.29) is 38.7 Å². The molecule has 0 radical (unpaired) electrons. The van der Waals surface area contributed by atoms with Gasteiger partial charge < -0.3 is 5.11 Å². The second-order valence-corrected chi connectivity index (χ2v) is 6.80. The van der Waals surface area contributed by atoms with E-state index >= 15 is 0 Å². The molecule has 31 heavy (non-hydrogen) atoms. The lowest BCUT2D eigenvalue weighted by atomic mass is 10.1. The van der Waals surface area contributed by atoms with Crippen molar-refractivity contribution in [2.45, 2.75) is 0 Å². The zero-order valence-corrected chi connectivity index (χ0v) is 16.3. The summed E-state index contributed by atoms with van der Waals surface area (Å²) in [5.41, 5.74) is -0.628. The van der Waals surface area contributed by atoms with Gasteiger partial charge in [-0.3, -0.25) is 9.36 Å².